The quantitative estimate of drug-likeness (QED) is 0.825. The number of rotatable bonds is 5. The highest BCUT2D eigenvalue weighted by molar-refractivity contribution is 7.89. The van der Waals surface area contributed by atoms with Crippen LogP contribution in [0.15, 0.2) is 41.6 Å². The molecule has 0 bridgehead atoms. The van der Waals surface area contributed by atoms with Gasteiger partial charge in [-0.25, -0.2) is 8.42 Å². The van der Waals surface area contributed by atoms with Gasteiger partial charge in [0.1, 0.15) is 0 Å². The number of aromatic nitrogens is 2. The number of sulfonamides is 1. The van der Waals surface area contributed by atoms with Gasteiger partial charge in [0, 0.05) is 26.9 Å². The van der Waals surface area contributed by atoms with Crippen LogP contribution in [0.5, 0.6) is 0 Å². The lowest BCUT2D eigenvalue weighted by atomic mass is 10.1. The number of benzene rings is 1. The van der Waals surface area contributed by atoms with Crippen molar-refractivity contribution < 1.29 is 13.2 Å². The molecule has 0 aliphatic carbocycles. The van der Waals surface area contributed by atoms with Crippen LogP contribution in [0.1, 0.15) is 17.5 Å². The summed E-state index contributed by atoms with van der Waals surface area (Å²) in [5, 5.41) is 4.17. The molecule has 0 N–H and O–H groups in total. The molecule has 24 heavy (non-hydrogen) atoms. The predicted molar refractivity (Wildman–Crippen MR) is 91.2 cm³/mol. The third-order valence-corrected chi connectivity index (χ3v) is 6.51. The minimum absolute atomic E-state index is 0.106. The van der Waals surface area contributed by atoms with Gasteiger partial charge in [0.25, 0.3) is 0 Å². The number of nitrogens with zero attached hydrogens (tertiary/aromatic N) is 3. The maximum Gasteiger partial charge on any atom is 0.243 e. The average Bonchev–Trinajstić information content (AvgIpc) is 3.14. The van der Waals surface area contributed by atoms with E-state index in [1.165, 1.54) is 0 Å². The van der Waals surface area contributed by atoms with Crippen molar-refractivity contribution in [1.29, 1.82) is 0 Å². The fraction of sp³-hybridized carbons (Fsp3) is 0.471. The smallest absolute Gasteiger partial charge is 0.243 e. The molecule has 0 amide bonds. The summed E-state index contributed by atoms with van der Waals surface area (Å²) in [7, 11) is -0.0391. The Morgan fingerprint density at radius 2 is 2.00 bits per heavy atom. The van der Waals surface area contributed by atoms with Gasteiger partial charge < -0.3 is 4.74 Å². The van der Waals surface area contributed by atoms with Gasteiger partial charge in [-0.3, -0.25) is 4.68 Å². The molecule has 7 heteroatoms. The van der Waals surface area contributed by atoms with Crippen LogP contribution in [-0.2, 0) is 28.2 Å². The van der Waals surface area contributed by atoms with Crippen molar-refractivity contribution in [3.8, 4) is 0 Å². The fourth-order valence-corrected chi connectivity index (χ4v) is 4.93. The largest absolute Gasteiger partial charge is 0.380 e. The monoisotopic (exact) mass is 349 g/mol. The first-order chi connectivity index (χ1) is 11.4. The summed E-state index contributed by atoms with van der Waals surface area (Å²) >= 11 is 0. The van der Waals surface area contributed by atoms with Gasteiger partial charge in [0.05, 0.1) is 23.2 Å². The summed E-state index contributed by atoms with van der Waals surface area (Å²) in [5.74, 6) is 0. The highest BCUT2D eigenvalue weighted by atomic mass is 32.2. The van der Waals surface area contributed by atoms with E-state index in [4.69, 9.17) is 4.74 Å². The summed E-state index contributed by atoms with van der Waals surface area (Å²) in [6.45, 7) is 2.41. The van der Waals surface area contributed by atoms with E-state index >= 15 is 0 Å². The third-order valence-electron chi connectivity index (χ3n) is 4.57. The number of methoxy groups -OCH3 is 1. The summed E-state index contributed by atoms with van der Waals surface area (Å²) in [4.78, 5) is 0.334. The van der Waals surface area contributed by atoms with Crippen molar-refractivity contribution in [1.82, 2.24) is 14.1 Å². The van der Waals surface area contributed by atoms with Gasteiger partial charge in [0.2, 0.25) is 10.0 Å². The van der Waals surface area contributed by atoms with Crippen LogP contribution in [-0.4, -0.2) is 48.3 Å². The summed E-state index contributed by atoms with van der Waals surface area (Å²) in [5.41, 5.74) is 2.05. The van der Waals surface area contributed by atoms with Crippen molar-refractivity contribution in [3.05, 3.63) is 47.8 Å². The molecular weight excluding hydrogens is 326 g/mol. The number of ether oxygens (including phenoxy) is 1. The summed E-state index contributed by atoms with van der Waals surface area (Å²) in [6.07, 6.45) is 4.89. The van der Waals surface area contributed by atoms with Crippen molar-refractivity contribution >= 4 is 10.0 Å². The fourth-order valence-electron chi connectivity index (χ4n) is 3.27. The number of hydrogen-bond acceptors (Lipinski definition) is 4. The number of aryl methyl sites for hydroxylation is 2. The van der Waals surface area contributed by atoms with Crippen LogP contribution in [0.2, 0.25) is 0 Å². The first-order valence-electron chi connectivity index (χ1n) is 8.00. The molecule has 6 nitrogen and oxygen atoms in total. The molecular formula is C17H23N3O3S. The normalized spacial score (nSPS) is 22.1. The lowest BCUT2D eigenvalue weighted by molar-refractivity contribution is 0.0810. The maximum atomic E-state index is 13.1. The van der Waals surface area contributed by atoms with E-state index in [9.17, 15) is 8.42 Å². The van der Waals surface area contributed by atoms with Gasteiger partial charge >= 0.3 is 0 Å². The Morgan fingerprint density at radius 3 is 2.58 bits per heavy atom. The van der Waals surface area contributed by atoms with Crippen LogP contribution in [0.4, 0.5) is 0 Å². The SMILES string of the molecule is CO[C@H]1CCN(S(=O)(=O)c2ccc(C)cc2)[C@@H]1Cc1cnn(C)c1. The molecule has 0 saturated carbocycles. The van der Waals surface area contributed by atoms with Crippen LogP contribution >= 0.6 is 0 Å². The van der Waals surface area contributed by atoms with Crippen molar-refractivity contribution in [2.45, 2.75) is 36.8 Å². The van der Waals surface area contributed by atoms with Crippen molar-refractivity contribution in [2.75, 3.05) is 13.7 Å². The highest BCUT2D eigenvalue weighted by Crippen LogP contribution is 2.30. The van der Waals surface area contributed by atoms with E-state index in [-0.39, 0.29) is 12.1 Å². The van der Waals surface area contributed by atoms with Crippen LogP contribution < -0.4 is 0 Å². The molecule has 1 aliphatic rings. The molecule has 0 radical (unpaired) electrons. The van der Waals surface area contributed by atoms with Crippen LogP contribution in [0, 0.1) is 6.92 Å². The van der Waals surface area contributed by atoms with Crippen molar-refractivity contribution in [2.24, 2.45) is 7.05 Å². The van der Waals surface area contributed by atoms with Gasteiger partial charge in [-0.15, -0.1) is 0 Å². The topological polar surface area (TPSA) is 64.4 Å². The first-order valence-corrected chi connectivity index (χ1v) is 9.44. The average molecular weight is 349 g/mol. The second kappa shape index (κ2) is 6.66. The van der Waals surface area contributed by atoms with Crippen LogP contribution in [0.25, 0.3) is 0 Å². The Labute approximate surface area is 143 Å². The zero-order valence-electron chi connectivity index (χ0n) is 14.2. The molecule has 3 rings (SSSR count). The molecule has 1 aliphatic heterocycles. The minimum Gasteiger partial charge on any atom is -0.380 e. The standard InChI is InChI=1S/C17H23N3O3S/c1-13-4-6-15(7-5-13)24(21,22)20-9-8-17(23-3)16(20)10-14-11-18-19(2)12-14/h4-7,11-12,16-17H,8-10H2,1-3H3/t16-,17+/m1/s1. The Kier molecular flexibility index (Phi) is 4.76. The highest BCUT2D eigenvalue weighted by Gasteiger charge is 2.41. The zero-order valence-corrected chi connectivity index (χ0v) is 15.0. The van der Waals surface area contributed by atoms with E-state index in [2.05, 4.69) is 5.10 Å². The summed E-state index contributed by atoms with van der Waals surface area (Å²) in [6, 6.07) is 6.78. The first kappa shape index (κ1) is 17.1. The van der Waals surface area contributed by atoms with E-state index in [1.807, 2.05) is 32.3 Å². The maximum absolute atomic E-state index is 13.1. The lowest BCUT2D eigenvalue weighted by Gasteiger charge is -2.26. The Balaban J connectivity index is 1.90. The summed E-state index contributed by atoms with van der Waals surface area (Å²) < 4.78 is 35.0. The second-order valence-electron chi connectivity index (χ2n) is 6.29. The van der Waals surface area contributed by atoms with Crippen LogP contribution in [0.3, 0.4) is 0 Å². The van der Waals surface area contributed by atoms with Gasteiger partial charge in [-0.2, -0.15) is 9.40 Å². The Hall–Kier alpha value is -1.70. The molecule has 2 heterocycles. The second-order valence-corrected chi connectivity index (χ2v) is 8.18. The molecule has 1 saturated heterocycles. The molecule has 1 fully saturated rings. The van der Waals surface area contributed by atoms with Gasteiger partial charge in [-0.1, -0.05) is 17.7 Å². The molecule has 0 spiro atoms. The van der Waals surface area contributed by atoms with Gasteiger partial charge in [0.15, 0.2) is 0 Å². The molecule has 1 aromatic heterocycles. The van der Waals surface area contributed by atoms with E-state index < -0.39 is 10.0 Å². The lowest BCUT2D eigenvalue weighted by Crippen LogP contribution is -2.41. The predicted octanol–water partition coefficient (Wildman–Crippen LogP) is 1.75. The van der Waals surface area contributed by atoms with E-state index in [1.54, 1.807) is 34.4 Å². The number of hydrogen-bond donors (Lipinski definition) is 0. The molecule has 2 aromatic rings. The van der Waals surface area contributed by atoms with Crippen molar-refractivity contribution in [3.63, 3.8) is 0 Å². The zero-order chi connectivity index (χ0) is 17.3. The molecule has 130 valence electrons. The molecule has 0 unspecified atom stereocenters. The van der Waals surface area contributed by atoms with E-state index in [0.29, 0.717) is 24.3 Å². The Morgan fingerprint density at radius 1 is 1.29 bits per heavy atom. The van der Waals surface area contributed by atoms with Gasteiger partial charge in [-0.05, 0) is 37.5 Å². The minimum atomic E-state index is -3.53. The van der Waals surface area contributed by atoms with E-state index in [0.717, 1.165) is 11.1 Å². The molecule has 2 atom stereocenters. The third kappa shape index (κ3) is 3.24. The molecule has 1 aromatic carbocycles. The Bertz CT molecular complexity index is 799.